The molecular formula is C25H36O4. The third-order valence-corrected chi connectivity index (χ3v) is 4.59. The highest BCUT2D eigenvalue weighted by molar-refractivity contribution is 5.71. The highest BCUT2D eigenvalue weighted by atomic mass is 16.6. The summed E-state index contributed by atoms with van der Waals surface area (Å²) in [6, 6.07) is 9.73. The van der Waals surface area contributed by atoms with Crippen molar-refractivity contribution in [3.63, 3.8) is 0 Å². The van der Waals surface area contributed by atoms with Gasteiger partial charge >= 0.3 is 5.97 Å². The van der Waals surface area contributed by atoms with Crippen molar-refractivity contribution in [1.29, 1.82) is 0 Å². The number of ether oxygens (including phenoxy) is 2. The average molecular weight is 401 g/mol. The highest BCUT2D eigenvalue weighted by Crippen LogP contribution is 2.29. The van der Waals surface area contributed by atoms with Crippen LogP contribution in [0.25, 0.3) is 0 Å². The molecule has 0 bridgehead atoms. The highest BCUT2D eigenvalue weighted by Gasteiger charge is 2.12. The molecular weight excluding hydrogens is 364 g/mol. The maximum absolute atomic E-state index is 11.6. The molecule has 4 heteroatoms. The van der Waals surface area contributed by atoms with Crippen LogP contribution >= 0.6 is 0 Å². The van der Waals surface area contributed by atoms with Crippen molar-refractivity contribution in [3.8, 4) is 11.5 Å². The van der Waals surface area contributed by atoms with Crippen LogP contribution in [0.5, 0.6) is 11.5 Å². The molecule has 0 aliphatic heterocycles. The van der Waals surface area contributed by atoms with Crippen LogP contribution in [0.3, 0.4) is 0 Å². The number of aryl methyl sites for hydroxylation is 2. The Hall–Kier alpha value is -2.49. The zero-order chi connectivity index (χ0) is 22.0. The number of benzene rings is 2. The Morgan fingerprint density at radius 3 is 2.24 bits per heavy atom. The number of hydrogen-bond acceptors (Lipinski definition) is 4. The minimum absolute atomic E-state index is 0.0755. The first-order valence-corrected chi connectivity index (χ1v) is 10.5. The molecule has 1 N–H and O–H groups in total. The predicted octanol–water partition coefficient (Wildman–Crippen LogP) is 6.08. The van der Waals surface area contributed by atoms with E-state index in [0.717, 1.165) is 29.5 Å². The first-order chi connectivity index (χ1) is 13.8. The summed E-state index contributed by atoms with van der Waals surface area (Å²) < 4.78 is 10.6. The predicted molar refractivity (Wildman–Crippen MR) is 119 cm³/mol. The Morgan fingerprint density at radius 1 is 1.07 bits per heavy atom. The Bertz CT molecular complexity index is 770. The fourth-order valence-corrected chi connectivity index (χ4v) is 3.10. The summed E-state index contributed by atoms with van der Waals surface area (Å²) in [5.74, 6) is 0.952. The topological polar surface area (TPSA) is 55.8 Å². The summed E-state index contributed by atoms with van der Waals surface area (Å²) in [7, 11) is 0. The lowest BCUT2D eigenvalue weighted by atomic mass is 9.93. The van der Waals surface area contributed by atoms with Crippen molar-refractivity contribution < 1.29 is 19.4 Å². The van der Waals surface area contributed by atoms with E-state index < -0.39 is 0 Å². The molecule has 2 aromatic rings. The molecule has 0 fully saturated rings. The van der Waals surface area contributed by atoms with Crippen molar-refractivity contribution in [2.45, 2.75) is 67.2 Å². The van der Waals surface area contributed by atoms with Gasteiger partial charge in [-0.05, 0) is 78.6 Å². The number of phenols is 1. The number of carbonyl (C=O) groups excluding carboxylic acids is 1. The number of phenolic OH excluding ortho intramolecular Hbond substituents is 1. The van der Waals surface area contributed by atoms with Crippen LogP contribution in [0.1, 0.15) is 74.8 Å². The maximum atomic E-state index is 11.6. The van der Waals surface area contributed by atoms with Gasteiger partial charge in [0.25, 0.3) is 0 Å². The van der Waals surface area contributed by atoms with Gasteiger partial charge in [-0.2, -0.15) is 0 Å². The Morgan fingerprint density at radius 2 is 1.69 bits per heavy atom. The molecule has 2 rings (SSSR count). The first kappa shape index (κ1) is 24.5. The molecule has 0 saturated carbocycles. The molecule has 0 aromatic heterocycles. The lowest BCUT2D eigenvalue weighted by Gasteiger charge is -2.15. The van der Waals surface area contributed by atoms with Gasteiger partial charge < -0.3 is 14.6 Å². The van der Waals surface area contributed by atoms with Gasteiger partial charge in [0.05, 0.1) is 6.61 Å². The van der Waals surface area contributed by atoms with E-state index in [0.29, 0.717) is 18.1 Å². The van der Waals surface area contributed by atoms with Crippen molar-refractivity contribution >= 4 is 5.97 Å². The van der Waals surface area contributed by atoms with Crippen molar-refractivity contribution in [2.75, 3.05) is 13.2 Å². The van der Waals surface area contributed by atoms with Gasteiger partial charge in [-0.25, -0.2) is 4.79 Å². The number of carbonyl (C=O) groups is 1. The van der Waals surface area contributed by atoms with Gasteiger partial charge in [0.2, 0.25) is 0 Å². The van der Waals surface area contributed by atoms with E-state index in [1.807, 2.05) is 52.8 Å². The summed E-state index contributed by atoms with van der Waals surface area (Å²) in [5.41, 5.74) is 5.60. The standard InChI is InChI=1S/C23H30O4.C2H6/c1-6-9-26-23(25)14-27-19-10-16(4)21(17(5)11-19)13-18-7-8-22(24)20(12-18)15(2)3;1-2/h7-8,10-12,15,24H,6,9,13-14H2,1-5H3;1-2H3. The molecule has 0 unspecified atom stereocenters. The summed E-state index contributed by atoms with van der Waals surface area (Å²) in [6.07, 6.45) is 1.59. The van der Waals surface area contributed by atoms with Gasteiger partial charge in [-0.3, -0.25) is 0 Å². The summed E-state index contributed by atoms with van der Waals surface area (Å²) in [4.78, 5) is 11.6. The van der Waals surface area contributed by atoms with E-state index in [1.165, 1.54) is 11.1 Å². The number of esters is 1. The third-order valence-electron chi connectivity index (χ3n) is 4.59. The van der Waals surface area contributed by atoms with Crippen molar-refractivity contribution in [3.05, 3.63) is 58.1 Å². The molecule has 0 saturated heterocycles. The van der Waals surface area contributed by atoms with E-state index >= 15 is 0 Å². The second kappa shape index (κ2) is 12.2. The Labute approximate surface area is 175 Å². The van der Waals surface area contributed by atoms with Gasteiger partial charge in [-0.1, -0.05) is 46.8 Å². The lowest BCUT2D eigenvalue weighted by Crippen LogP contribution is -2.15. The zero-order valence-electron chi connectivity index (χ0n) is 19.0. The molecule has 0 spiro atoms. The van der Waals surface area contributed by atoms with Gasteiger partial charge in [-0.15, -0.1) is 0 Å². The molecule has 0 radical (unpaired) electrons. The minimum Gasteiger partial charge on any atom is -0.508 e. The van der Waals surface area contributed by atoms with E-state index in [-0.39, 0.29) is 18.5 Å². The van der Waals surface area contributed by atoms with Crippen molar-refractivity contribution in [1.82, 2.24) is 0 Å². The van der Waals surface area contributed by atoms with Crippen molar-refractivity contribution in [2.24, 2.45) is 0 Å². The number of aromatic hydroxyl groups is 1. The number of hydrogen-bond donors (Lipinski definition) is 1. The van der Waals surface area contributed by atoms with Crippen LogP contribution in [-0.4, -0.2) is 24.3 Å². The summed E-state index contributed by atoms with van der Waals surface area (Å²) >= 11 is 0. The SMILES string of the molecule is CC.CCCOC(=O)COc1cc(C)c(Cc2ccc(O)c(C(C)C)c2)c(C)c1. The van der Waals surface area contributed by atoms with Crippen LogP contribution < -0.4 is 4.74 Å². The third kappa shape index (κ3) is 7.45. The van der Waals surface area contributed by atoms with Gasteiger partial charge in [0, 0.05) is 0 Å². The van der Waals surface area contributed by atoms with Gasteiger partial charge in [0.1, 0.15) is 11.5 Å². The van der Waals surface area contributed by atoms with E-state index in [2.05, 4.69) is 19.9 Å². The smallest absolute Gasteiger partial charge is 0.344 e. The summed E-state index contributed by atoms with van der Waals surface area (Å²) in [5, 5.41) is 10.0. The second-order valence-corrected chi connectivity index (χ2v) is 7.27. The van der Waals surface area contributed by atoms with Crippen LogP contribution in [0, 0.1) is 13.8 Å². The fourth-order valence-electron chi connectivity index (χ4n) is 3.10. The van der Waals surface area contributed by atoms with Gasteiger partial charge in [0.15, 0.2) is 6.61 Å². The molecule has 160 valence electrons. The molecule has 29 heavy (non-hydrogen) atoms. The molecule has 0 atom stereocenters. The number of rotatable bonds is 8. The molecule has 4 nitrogen and oxygen atoms in total. The largest absolute Gasteiger partial charge is 0.508 e. The van der Waals surface area contributed by atoms with Crippen LogP contribution in [0.15, 0.2) is 30.3 Å². The quantitative estimate of drug-likeness (QED) is 0.546. The fraction of sp³-hybridized carbons (Fsp3) is 0.480. The molecule has 0 aliphatic rings. The van der Waals surface area contributed by atoms with Crippen LogP contribution in [0.2, 0.25) is 0 Å². The van der Waals surface area contributed by atoms with Crippen LogP contribution in [-0.2, 0) is 16.0 Å². The minimum atomic E-state index is -0.346. The zero-order valence-corrected chi connectivity index (χ0v) is 19.0. The monoisotopic (exact) mass is 400 g/mol. The Kier molecular flexibility index (Phi) is 10.3. The molecule has 0 aliphatic carbocycles. The average Bonchev–Trinajstić information content (AvgIpc) is 2.70. The summed E-state index contributed by atoms with van der Waals surface area (Å²) in [6.45, 7) is 14.6. The Balaban J connectivity index is 0.00000204. The second-order valence-electron chi connectivity index (χ2n) is 7.27. The van der Waals surface area contributed by atoms with E-state index in [9.17, 15) is 9.90 Å². The lowest BCUT2D eigenvalue weighted by molar-refractivity contribution is -0.146. The first-order valence-electron chi connectivity index (χ1n) is 10.5. The van der Waals surface area contributed by atoms with E-state index in [1.54, 1.807) is 6.07 Å². The van der Waals surface area contributed by atoms with Crippen LogP contribution in [0.4, 0.5) is 0 Å². The van der Waals surface area contributed by atoms with E-state index in [4.69, 9.17) is 9.47 Å². The molecule has 0 amide bonds. The maximum Gasteiger partial charge on any atom is 0.344 e. The molecule has 0 heterocycles. The normalized spacial score (nSPS) is 10.3. The molecule has 2 aromatic carbocycles.